The molecule has 6 heteroatoms. The van der Waals surface area contributed by atoms with Crippen molar-refractivity contribution in [2.45, 2.75) is 45.6 Å². The van der Waals surface area contributed by atoms with Crippen LogP contribution in [0.15, 0.2) is 44.7 Å². The van der Waals surface area contributed by atoms with Crippen LogP contribution in [0.2, 0.25) is 0 Å². The number of aryl methyl sites for hydroxylation is 1. The van der Waals surface area contributed by atoms with Gasteiger partial charge in [-0.05, 0) is 80.4 Å². The van der Waals surface area contributed by atoms with Gasteiger partial charge < -0.3 is 9.88 Å². The number of aliphatic imine (C=N–C) groups is 1. The van der Waals surface area contributed by atoms with E-state index in [2.05, 4.69) is 50.7 Å². The normalized spacial score (nSPS) is 20.8. The molecule has 0 unspecified atom stereocenters. The van der Waals surface area contributed by atoms with Gasteiger partial charge in [0.15, 0.2) is 5.17 Å². The van der Waals surface area contributed by atoms with Gasteiger partial charge in [0.05, 0.1) is 10.6 Å². The molecule has 1 saturated heterocycles. The minimum atomic E-state index is -0.0819. The predicted molar refractivity (Wildman–Crippen MR) is 116 cm³/mol. The van der Waals surface area contributed by atoms with Gasteiger partial charge in [-0.15, -0.1) is 0 Å². The fourth-order valence-corrected chi connectivity index (χ4v) is 5.02. The second-order valence-electron chi connectivity index (χ2n) is 7.09. The average Bonchev–Trinajstić information content (AvgIpc) is 3.32. The molecular weight excluding hydrogens is 422 g/mol. The van der Waals surface area contributed by atoms with Crippen molar-refractivity contribution in [2.24, 2.45) is 4.99 Å². The second-order valence-corrected chi connectivity index (χ2v) is 9.04. The zero-order valence-corrected chi connectivity index (χ0v) is 17.9. The number of nitrogens with one attached hydrogen (secondary N) is 1. The van der Waals surface area contributed by atoms with Crippen molar-refractivity contribution in [1.29, 1.82) is 0 Å². The van der Waals surface area contributed by atoms with Gasteiger partial charge in [0, 0.05) is 21.9 Å². The van der Waals surface area contributed by atoms with E-state index in [0.717, 1.165) is 15.7 Å². The number of nitrogens with zero attached hydrogens (tertiary/aromatic N) is 2. The Labute approximate surface area is 172 Å². The van der Waals surface area contributed by atoms with Gasteiger partial charge in [-0.2, -0.15) is 0 Å². The van der Waals surface area contributed by atoms with Crippen molar-refractivity contribution in [3.8, 4) is 0 Å². The number of aromatic nitrogens is 1. The molecule has 1 aromatic carbocycles. The maximum absolute atomic E-state index is 12.4. The molecular formula is C21H22BrN3OS. The van der Waals surface area contributed by atoms with Crippen LogP contribution < -0.4 is 5.32 Å². The summed E-state index contributed by atoms with van der Waals surface area (Å²) < 4.78 is 3.46. The molecule has 140 valence electrons. The molecule has 1 amide bonds. The Balaban J connectivity index is 1.58. The maximum atomic E-state index is 12.4. The molecule has 0 bridgehead atoms. The number of carbonyl (C=O) groups is 1. The van der Waals surface area contributed by atoms with E-state index < -0.39 is 0 Å². The Morgan fingerprint density at radius 1 is 1.22 bits per heavy atom. The Morgan fingerprint density at radius 3 is 2.63 bits per heavy atom. The number of hydrogen-bond donors (Lipinski definition) is 1. The lowest BCUT2D eigenvalue weighted by molar-refractivity contribution is -0.115. The molecule has 4 nitrogen and oxygen atoms in total. The van der Waals surface area contributed by atoms with Gasteiger partial charge in [0.25, 0.3) is 5.91 Å². The van der Waals surface area contributed by atoms with Crippen molar-refractivity contribution < 1.29 is 4.79 Å². The van der Waals surface area contributed by atoms with Gasteiger partial charge in [-0.1, -0.05) is 28.8 Å². The number of benzene rings is 1. The van der Waals surface area contributed by atoms with Crippen molar-refractivity contribution in [2.75, 3.05) is 0 Å². The topological polar surface area (TPSA) is 46.4 Å². The van der Waals surface area contributed by atoms with E-state index in [1.54, 1.807) is 0 Å². The summed E-state index contributed by atoms with van der Waals surface area (Å²) in [6, 6.07) is 10.5. The summed E-state index contributed by atoms with van der Waals surface area (Å²) in [5, 5.41) is 3.49. The lowest BCUT2D eigenvalue weighted by Gasteiger charge is -2.17. The fourth-order valence-electron chi connectivity index (χ4n) is 3.93. The minimum absolute atomic E-state index is 0.0819. The molecule has 1 aliphatic heterocycles. The third-order valence-electron chi connectivity index (χ3n) is 5.21. The van der Waals surface area contributed by atoms with Gasteiger partial charge in [0.1, 0.15) is 0 Å². The molecule has 2 heterocycles. The van der Waals surface area contributed by atoms with Gasteiger partial charge in [0.2, 0.25) is 0 Å². The van der Waals surface area contributed by atoms with Crippen LogP contribution in [0, 0.1) is 13.8 Å². The van der Waals surface area contributed by atoms with E-state index in [0.29, 0.717) is 16.1 Å². The lowest BCUT2D eigenvalue weighted by atomic mass is 10.2. The summed E-state index contributed by atoms with van der Waals surface area (Å²) in [5.74, 6) is -0.0819. The van der Waals surface area contributed by atoms with E-state index in [9.17, 15) is 4.79 Å². The van der Waals surface area contributed by atoms with Crippen molar-refractivity contribution >= 4 is 50.5 Å². The zero-order chi connectivity index (χ0) is 19.0. The molecule has 1 aromatic heterocycles. The largest absolute Gasteiger partial charge is 0.346 e. The first-order valence-electron chi connectivity index (χ1n) is 9.25. The molecule has 0 spiro atoms. The van der Waals surface area contributed by atoms with E-state index in [1.807, 2.05) is 30.3 Å². The molecule has 2 fully saturated rings. The van der Waals surface area contributed by atoms with Gasteiger partial charge in [-0.3, -0.25) is 4.79 Å². The van der Waals surface area contributed by atoms with Gasteiger partial charge in [-0.25, -0.2) is 4.99 Å². The Morgan fingerprint density at radius 2 is 1.93 bits per heavy atom. The van der Waals surface area contributed by atoms with Crippen LogP contribution in [0.1, 0.15) is 48.7 Å². The number of rotatable bonds is 3. The lowest BCUT2D eigenvalue weighted by Crippen LogP contribution is -2.19. The summed E-state index contributed by atoms with van der Waals surface area (Å²) in [6.45, 7) is 4.32. The van der Waals surface area contributed by atoms with E-state index in [4.69, 9.17) is 0 Å². The SMILES string of the molecule is Cc1cc(/C=C2\SC(=Nc3ccc(Br)cc3)NC2=O)c(C)n1C1CCCC1. The van der Waals surface area contributed by atoms with Crippen molar-refractivity contribution in [1.82, 2.24) is 9.88 Å². The summed E-state index contributed by atoms with van der Waals surface area (Å²) in [5.41, 5.74) is 4.47. The smallest absolute Gasteiger partial charge is 0.264 e. The number of amidine groups is 1. The number of hydrogen-bond acceptors (Lipinski definition) is 3. The summed E-state index contributed by atoms with van der Waals surface area (Å²) in [4.78, 5) is 17.6. The third kappa shape index (κ3) is 3.92. The monoisotopic (exact) mass is 443 g/mol. The molecule has 1 N–H and O–H groups in total. The van der Waals surface area contributed by atoms with Crippen LogP contribution in [-0.4, -0.2) is 15.6 Å². The number of carbonyl (C=O) groups excluding carboxylic acids is 1. The fraction of sp³-hybridized carbons (Fsp3) is 0.333. The molecule has 0 atom stereocenters. The van der Waals surface area contributed by atoms with Crippen LogP contribution in [-0.2, 0) is 4.79 Å². The first-order valence-corrected chi connectivity index (χ1v) is 10.9. The Bertz CT molecular complexity index is 937. The van der Waals surface area contributed by atoms with Crippen molar-refractivity contribution in [3.63, 3.8) is 0 Å². The van der Waals surface area contributed by atoms with E-state index >= 15 is 0 Å². The predicted octanol–water partition coefficient (Wildman–Crippen LogP) is 5.87. The molecule has 4 rings (SSSR count). The highest BCUT2D eigenvalue weighted by Gasteiger charge is 2.25. The highest BCUT2D eigenvalue weighted by atomic mass is 79.9. The Kier molecular flexibility index (Phi) is 5.28. The highest BCUT2D eigenvalue weighted by Crippen LogP contribution is 2.35. The van der Waals surface area contributed by atoms with Gasteiger partial charge >= 0.3 is 0 Å². The third-order valence-corrected chi connectivity index (χ3v) is 6.65. The van der Waals surface area contributed by atoms with Crippen molar-refractivity contribution in [3.05, 3.63) is 56.7 Å². The quantitative estimate of drug-likeness (QED) is 0.602. The number of halogens is 1. The average molecular weight is 444 g/mol. The Hall–Kier alpha value is -1.79. The van der Waals surface area contributed by atoms with E-state index in [-0.39, 0.29) is 5.91 Å². The highest BCUT2D eigenvalue weighted by molar-refractivity contribution is 9.10. The van der Waals surface area contributed by atoms with Crippen LogP contribution in [0.3, 0.4) is 0 Å². The first kappa shape index (κ1) is 18.6. The summed E-state index contributed by atoms with van der Waals surface area (Å²) >= 11 is 4.82. The standard InChI is InChI=1S/C21H22BrN3OS/c1-13-11-15(14(2)25(13)18-5-3-4-6-18)12-19-20(26)24-21(27-19)23-17-9-7-16(22)8-10-17/h7-12,18H,3-6H2,1-2H3,(H,23,24,26)/b19-12-. The van der Waals surface area contributed by atoms with Crippen LogP contribution >= 0.6 is 27.7 Å². The molecule has 2 aliphatic rings. The maximum Gasteiger partial charge on any atom is 0.264 e. The van der Waals surface area contributed by atoms with Crippen LogP contribution in [0.5, 0.6) is 0 Å². The number of thioether (sulfide) groups is 1. The molecule has 2 aromatic rings. The summed E-state index contributed by atoms with van der Waals surface area (Å²) in [6.07, 6.45) is 7.13. The first-order chi connectivity index (χ1) is 13.0. The van der Waals surface area contributed by atoms with Crippen LogP contribution in [0.4, 0.5) is 5.69 Å². The van der Waals surface area contributed by atoms with E-state index in [1.165, 1.54) is 48.8 Å². The van der Waals surface area contributed by atoms with Crippen LogP contribution in [0.25, 0.3) is 6.08 Å². The number of amides is 1. The molecule has 1 aliphatic carbocycles. The zero-order valence-electron chi connectivity index (χ0n) is 15.5. The molecule has 0 radical (unpaired) electrons. The minimum Gasteiger partial charge on any atom is -0.346 e. The molecule has 27 heavy (non-hydrogen) atoms. The second kappa shape index (κ2) is 7.68. The molecule has 1 saturated carbocycles. The summed E-state index contributed by atoms with van der Waals surface area (Å²) in [7, 11) is 0.